The summed E-state index contributed by atoms with van der Waals surface area (Å²) in [6.45, 7) is 4.42. The second kappa shape index (κ2) is 8.53. The number of hydrogen-bond donors (Lipinski definition) is 1. The number of nitro benzene ring substituents is 1. The second-order valence-electron chi connectivity index (χ2n) is 6.47. The number of carbonyl (C=O) groups excluding carboxylic acids is 1. The Hall–Kier alpha value is -2.71. The van der Waals surface area contributed by atoms with Gasteiger partial charge in [-0.2, -0.15) is 0 Å². The van der Waals surface area contributed by atoms with Gasteiger partial charge in [0.05, 0.1) is 4.92 Å². The fraction of sp³-hybridized carbons (Fsp3) is 0.263. The van der Waals surface area contributed by atoms with Crippen LogP contribution in [0.5, 0.6) is 0 Å². The smallest absolute Gasteiger partial charge is 0.273 e. The van der Waals surface area contributed by atoms with Crippen molar-refractivity contribution in [1.29, 1.82) is 0 Å². The Morgan fingerprint density at radius 2 is 1.89 bits per heavy atom. The van der Waals surface area contributed by atoms with Gasteiger partial charge in [-0.05, 0) is 43.4 Å². The summed E-state index contributed by atoms with van der Waals surface area (Å²) in [5.41, 5.74) is 1.67. The van der Waals surface area contributed by atoms with Crippen LogP contribution >= 0.6 is 23.8 Å². The molecule has 28 heavy (non-hydrogen) atoms. The summed E-state index contributed by atoms with van der Waals surface area (Å²) >= 11 is 11.4. The van der Waals surface area contributed by atoms with Crippen LogP contribution in [0, 0.1) is 17.0 Å². The van der Waals surface area contributed by atoms with Crippen molar-refractivity contribution >= 4 is 46.2 Å². The van der Waals surface area contributed by atoms with Crippen LogP contribution in [0.4, 0.5) is 11.4 Å². The maximum Gasteiger partial charge on any atom is 0.273 e. The number of rotatable bonds is 3. The molecule has 1 amide bonds. The molecule has 3 rings (SSSR count). The van der Waals surface area contributed by atoms with E-state index in [1.807, 2.05) is 29.2 Å². The summed E-state index contributed by atoms with van der Waals surface area (Å²) in [7, 11) is 0. The predicted molar refractivity (Wildman–Crippen MR) is 113 cm³/mol. The lowest BCUT2D eigenvalue weighted by Gasteiger charge is -2.37. The van der Waals surface area contributed by atoms with Crippen molar-refractivity contribution in [2.75, 3.05) is 31.1 Å². The number of anilines is 1. The van der Waals surface area contributed by atoms with Crippen molar-refractivity contribution in [3.05, 3.63) is 68.7 Å². The number of piperazine rings is 1. The minimum Gasteiger partial charge on any atom is -0.368 e. The Morgan fingerprint density at radius 1 is 1.18 bits per heavy atom. The van der Waals surface area contributed by atoms with Crippen molar-refractivity contribution in [3.63, 3.8) is 0 Å². The Kier molecular flexibility index (Phi) is 6.11. The lowest BCUT2D eigenvalue weighted by atomic mass is 10.1. The summed E-state index contributed by atoms with van der Waals surface area (Å²) in [6.07, 6.45) is 0. The number of thiocarbonyl (C=S) groups is 1. The first-order valence-electron chi connectivity index (χ1n) is 8.71. The quantitative estimate of drug-likeness (QED) is 0.467. The maximum absolute atomic E-state index is 12.4. The standard InChI is InChI=1S/C19H19ClN4O3S/c1-13-5-6-14(11-17(13)24(26)27)18(25)21-19(28)23-9-7-22(8-10-23)16-4-2-3-15(20)12-16/h2-6,11-12H,7-10H2,1H3,(H,21,25,28). The average Bonchev–Trinajstić information content (AvgIpc) is 2.68. The van der Waals surface area contributed by atoms with Crippen LogP contribution < -0.4 is 10.2 Å². The third kappa shape index (κ3) is 4.58. The Balaban J connectivity index is 1.59. The van der Waals surface area contributed by atoms with Crippen molar-refractivity contribution in [1.82, 2.24) is 10.2 Å². The van der Waals surface area contributed by atoms with Crippen LogP contribution in [-0.2, 0) is 0 Å². The van der Waals surface area contributed by atoms with Crippen LogP contribution in [0.25, 0.3) is 0 Å². The highest BCUT2D eigenvalue weighted by atomic mass is 35.5. The number of nitrogens with one attached hydrogen (secondary N) is 1. The van der Waals surface area contributed by atoms with Crippen LogP contribution in [0.3, 0.4) is 0 Å². The molecule has 0 aliphatic carbocycles. The van der Waals surface area contributed by atoms with E-state index in [1.165, 1.54) is 6.07 Å². The van der Waals surface area contributed by atoms with E-state index in [0.717, 1.165) is 18.8 Å². The normalized spacial score (nSPS) is 13.9. The first kappa shape index (κ1) is 20.0. The number of hydrogen-bond acceptors (Lipinski definition) is 5. The van der Waals surface area contributed by atoms with Gasteiger partial charge in [-0.15, -0.1) is 0 Å². The minimum atomic E-state index is -0.501. The van der Waals surface area contributed by atoms with Gasteiger partial charge in [-0.25, -0.2) is 0 Å². The predicted octanol–water partition coefficient (Wildman–Crippen LogP) is 3.39. The van der Waals surface area contributed by atoms with Gasteiger partial charge in [-0.1, -0.05) is 23.7 Å². The number of nitro groups is 1. The minimum absolute atomic E-state index is 0.0892. The van der Waals surface area contributed by atoms with E-state index in [1.54, 1.807) is 19.1 Å². The van der Waals surface area contributed by atoms with Gasteiger partial charge in [-0.3, -0.25) is 20.2 Å². The molecule has 2 aromatic carbocycles. The summed E-state index contributed by atoms with van der Waals surface area (Å²) < 4.78 is 0. The summed E-state index contributed by atoms with van der Waals surface area (Å²) in [5, 5.41) is 14.7. The lowest BCUT2D eigenvalue weighted by Crippen LogP contribution is -2.52. The van der Waals surface area contributed by atoms with E-state index in [0.29, 0.717) is 28.8 Å². The van der Waals surface area contributed by atoms with Crippen molar-refractivity contribution < 1.29 is 9.72 Å². The van der Waals surface area contributed by atoms with Crippen LogP contribution in [-0.4, -0.2) is 47.0 Å². The van der Waals surface area contributed by atoms with E-state index in [4.69, 9.17) is 23.8 Å². The number of amides is 1. The largest absolute Gasteiger partial charge is 0.368 e. The van der Waals surface area contributed by atoms with Gasteiger partial charge in [0.15, 0.2) is 5.11 Å². The van der Waals surface area contributed by atoms with Gasteiger partial charge >= 0.3 is 0 Å². The van der Waals surface area contributed by atoms with Gasteiger partial charge < -0.3 is 9.80 Å². The molecule has 0 unspecified atom stereocenters. The third-order valence-electron chi connectivity index (χ3n) is 4.63. The van der Waals surface area contributed by atoms with Crippen molar-refractivity contribution in [2.24, 2.45) is 0 Å². The topological polar surface area (TPSA) is 78.7 Å². The first-order valence-corrected chi connectivity index (χ1v) is 9.49. The first-order chi connectivity index (χ1) is 13.3. The SMILES string of the molecule is Cc1ccc(C(=O)NC(=S)N2CCN(c3cccc(Cl)c3)CC2)cc1[N+](=O)[O-]. The zero-order valence-electron chi connectivity index (χ0n) is 15.2. The van der Waals surface area contributed by atoms with Gasteiger partial charge in [0, 0.05) is 54.1 Å². The van der Waals surface area contributed by atoms with E-state index in [2.05, 4.69) is 10.2 Å². The van der Waals surface area contributed by atoms with Gasteiger partial charge in [0.2, 0.25) is 0 Å². The molecule has 1 fully saturated rings. The second-order valence-corrected chi connectivity index (χ2v) is 7.29. The zero-order chi connectivity index (χ0) is 20.3. The molecule has 0 bridgehead atoms. The fourth-order valence-corrected chi connectivity index (χ4v) is 3.50. The fourth-order valence-electron chi connectivity index (χ4n) is 3.04. The van der Waals surface area contributed by atoms with E-state index in [-0.39, 0.29) is 11.3 Å². The molecule has 0 aromatic heterocycles. The molecule has 0 radical (unpaired) electrons. The summed E-state index contributed by atoms with van der Waals surface area (Å²) in [4.78, 5) is 27.1. The Bertz CT molecular complexity index is 929. The molecule has 2 aromatic rings. The number of nitrogens with zero attached hydrogens (tertiary/aromatic N) is 3. The molecule has 9 heteroatoms. The van der Waals surface area contributed by atoms with E-state index < -0.39 is 10.8 Å². The molecule has 1 saturated heterocycles. The Labute approximate surface area is 173 Å². The zero-order valence-corrected chi connectivity index (χ0v) is 16.8. The third-order valence-corrected chi connectivity index (χ3v) is 5.22. The molecule has 0 spiro atoms. The molecule has 1 aliphatic rings. The highest BCUT2D eigenvalue weighted by Crippen LogP contribution is 2.21. The maximum atomic E-state index is 12.4. The van der Waals surface area contributed by atoms with Crippen LogP contribution in [0.2, 0.25) is 5.02 Å². The molecule has 1 heterocycles. The van der Waals surface area contributed by atoms with Gasteiger partial charge in [0.25, 0.3) is 11.6 Å². The summed E-state index contributed by atoms with van der Waals surface area (Å²) in [5.74, 6) is -0.453. The van der Waals surface area contributed by atoms with Crippen molar-refractivity contribution in [2.45, 2.75) is 6.92 Å². The average molecular weight is 419 g/mol. The van der Waals surface area contributed by atoms with Crippen LogP contribution in [0.1, 0.15) is 15.9 Å². The van der Waals surface area contributed by atoms with Crippen LogP contribution in [0.15, 0.2) is 42.5 Å². The highest BCUT2D eigenvalue weighted by molar-refractivity contribution is 7.80. The molecular weight excluding hydrogens is 400 g/mol. The van der Waals surface area contributed by atoms with E-state index in [9.17, 15) is 14.9 Å². The molecular formula is C19H19ClN4O3S. The number of aryl methyl sites for hydroxylation is 1. The number of carbonyl (C=O) groups is 1. The number of halogens is 1. The molecule has 1 aliphatic heterocycles. The molecule has 7 nitrogen and oxygen atoms in total. The highest BCUT2D eigenvalue weighted by Gasteiger charge is 2.22. The lowest BCUT2D eigenvalue weighted by molar-refractivity contribution is -0.385. The molecule has 146 valence electrons. The molecule has 1 N–H and O–H groups in total. The van der Waals surface area contributed by atoms with Crippen molar-refractivity contribution in [3.8, 4) is 0 Å². The molecule has 0 atom stereocenters. The summed E-state index contributed by atoms with van der Waals surface area (Å²) in [6, 6.07) is 12.0. The Morgan fingerprint density at radius 3 is 2.54 bits per heavy atom. The monoisotopic (exact) mass is 418 g/mol. The number of benzene rings is 2. The molecule has 0 saturated carbocycles. The van der Waals surface area contributed by atoms with Gasteiger partial charge in [0.1, 0.15) is 0 Å². The van der Waals surface area contributed by atoms with E-state index >= 15 is 0 Å².